The number of benzene rings is 4. The van der Waals surface area contributed by atoms with E-state index in [1.165, 1.54) is 68.8 Å². The Bertz CT molecular complexity index is 2250. The van der Waals surface area contributed by atoms with Crippen molar-refractivity contribution in [2.45, 2.75) is 71.5 Å². The predicted molar refractivity (Wildman–Crippen MR) is 230 cm³/mol. The van der Waals surface area contributed by atoms with Crippen LogP contribution < -0.4 is 19.1 Å². The maximum atomic E-state index is 15.2. The predicted octanol–water partition coefficient (Wildman–Crippen LogP) is 7.92. The van der Waals surface area contributed by atoms with E-state index in [1.54, 1.807) is 59.7 Å². The van der Waals surface area contributed by atoms with E-state index < -0.39 is 90.1 Å². The second-order valence-corrected chi connectivity index (χ2v) is 20.2. The van der Waals surface area contributed by atoms with Crippen LogP contribution in [0.25, 0.3) is 10.8 Å². The zero-order chi connectivity index (χ0) is 45.3. The number of ether oxygens (including phenoxy) is 4. The minimum atomic E-state index is -4.58. The summed E-state index contributed by atoms with van der Waals surface area (Å²) in [6.45, 7) is 9.75. The molecule has 0 aromatic heterocycles. The number of rotatable bonds is 18. The van der Waals surface area contributed by atoms with Crippen molar-refractivity contribution < 1.29 is 60.2 Å². The highest BCUT2D eigenvalue weighted by atomic mass is 32.2. The summed E-state index contributed by atoms with van der Waals surface area (Å²) in [6, 6.07) is 22.2. The summed E-state index contributed by atoms with van der Waals surface area (Å²) in [6.07, 6.45) is -4.10. The number of sulfonamides is 1. The molecule has 4 aromatic carbocycles. The fraction of sp³-hybridized carbons (Fsp3) is 0.409. The van der Waals surface area contributed by atoms with Crippen molar-refractivity contribution in [3.8, 4) is 11.5 Å². The van der Waals surface area contributed by atoms with E-state index in [9.17, 15) is 27.6 Å². The van der Waals surface area contributed by atoms with E-state index in [4.69, 9.17) is 28.0 Å². The molecular weight excluding hydrogens is 828 g/mol. The van der Waals surface area contributed by atoms with Gasteiger partial charge in [-0.15, -0.1) is 0 Å². The molecule has 1 N–H and O–H groups in total. The van der Waals surface area contributed by atoms with Gasteiger partial charge in [0.25, 0.3) is 0 Å². The highest BCUT2D eigenvalue weighted by Gasteiger charge is 2.36. The quantitative estimate of drug-likeness (QED) is 0.0576. The third-order valence-electron chi connectivity index (χ3n) is 9.19. The van der Waals surface area contributed by atoms with E-state index >= 15 is 4.57 Å². The van der Waals surface area contributed by atoms with Crippen LogP contribution in [-0.2, 0) is 52.3 Å². The van der Waals surface area contributed by atoms with Crippen LogP contribution >= 0.6 is 7.60 Å². The first-order valence-electron chi connectivity index (χ1n) is 19.4. The van der Waals surface area contributed by atoms with Crippen LogP contribution in [0.1, 0.15) is 77.7 Å². The van der Waals surface area contributed by atoms with Gasteiger partial charge in [0.05, 0.1) is 48.9 Å². The van der Waals surface area contributed by atoms with Gasteiger partial charge in [0.15, 0.2) is 0 Å². The molecular formula is C44H55N2O13PS. The van der Waals surface area contributed by atoms with Gasteiger partial charge < -0.3 is 23.8 Å². The van der Waals surface area contributed by atoms with Crippen molar-refractivity contribution in [3.63, 3.8) is 0 Å². The summed E-state index contributed by atoms with van der Waals surface area (Å²) in [5.41, 5.74) is -0.155. The number of methoxy groups -OCH3 is 2. The van der Waals surface area contributed by atoms with Gasteiger partial charge in [-0.1, -0.05) is 48.5 Å². The Labute approximate surface area is 357 Å². The molecule has 0 fully saturated rings. The first-order valence-corrected chi connectivity index (χ1v) is 22.6. The van der Waals surface area contributed by atoms with E-state index in [1.807, 2.05) is 31.1 Å². The maximum absolute atomic E-state index is 15.2. The Morgan fingerprint density at radius 3 is 1.49 bits per heavy atom. The number of fused-ring (bicyclic) bond motifs is 1. The van der Waals surface area contributed by atoms with Crippen LogP contribution in [0.2, 0.25) is 0 Å². The highest BCUT2D eigenvalue weighted by molar-refractivity contribution is 7.89. The number of anilines is 1. The molecule has 0 spiro atoms. The van der Waals surface area contributed by atoms with Crippen molar-refractivity contribution in [2.24, 2.45) is 10.8 Å². The van der Waals surface area contributed by atoms with Crippen molar-refractivity contribution in [1.82, 2.24) is 4.72 Å². The largest absolute Gasteiger partial charge is 0.469 e. The van der Waals surface area contributed by atoms with E-state index in [0.717, 1.165) is 5.69 Å². The molecule has 61 heavy (non-hydrogen) atoms. The minimum Gasteiger partial charge on any atom is -0.469 e. The van der Waals surface area contributed by atoms with Crippen LogP contribution in [0.5, 0.6) is 11.5 Å². The summed E-state index contributed by atoms with van der Waals surface area (Å²) < 4.78 is 78.9. The van der Waals surface area contributed by atoms with Crippen molar-refractivity contribution in [2.75, 3.05) is 45.9 Å². The lowest BCUT2D eigenvalue weighted by molar-refractivity contribution is -0.143. The highest BCUT2D eigenvalue weighted by Crippen LogP contribution is 2.56. The van der Waals surface area contributed by atoms with Crippen LogP contribution in [0.3, 0.4) is 0 Å². The molecule has 0 saturated carbocycles. The third kappa shape index (κ3) is 13.4. The zero-order valence-electron chi connectivity index (χ0n) is 36.2. The minimum absolute atomic E-state index is 0.0167. The smallest absolute Gasteiger partial charge is 0.333 e. The second-order valence-electron chi connectivity index (χ2n) is 16.4. The van der Waals surface area contributed by atoms with Gasteiger partial charge in [0.2, 0.25) is 10.0 Å². The molecule has 0 saturated heterocycles. The molecule has 0 heterocycles. The molecule has 0 aliphatic heterocycles. The summed E-state index contributed by atoms with van der Waals surface area (Å²) in [4.78, 5) is 52.5. The fourth-order valence-corrected chi connectivity index (χ4v) is 8.94. The Hall–Kier alpha value is -5.12. The van der Waals surface area contributed by atoms with Crippen LogP contribution in [0.4, 0.5) is 5.69 Å². The average molecular weight is 883 g/mol. The lowest BCUT2D eigenvalue weighted by Crippen LogP contribution is -2.28. The Morgan fingerprint density at radius 2 is 1.08 bits per heavy atom. The first kappa shape index (κ1) is 48.5. The normalized spacial score (nSPS) is 14.0. The molecule has 2 atom stereocenters. The number of hydrogen-bond donors (Lipinski definition) is 1. The maximum Gasteiger partial charge on any atom is 0.333 e. The Morgan fingerprint density at radius 1 is 0.656 bits per heavy atom. The Kier molecular flexibility index (Phi) is 16.1. The summed E-state index contributed by atoms with van der Waals surface area (Å²) in [7, 11) is -2.79. The second kappa shape index (κ2) is 20.2. The fourth-order valence-electron chi connectivity index (χ4n) is 5.72. The number of carbonyl (C=O) groups excluding carboxylic acids is 4. The average Bonchev–Trinajstić information content (AvgIpc) is 3.19. The van der Waals surface area contributed by atoms with Crippen LogP contribution in [-0.4, -0.2) is 73.3 Å². The number of nitrogens with zero attached hydrogens (tertiary/aromatic N) is 1. The lowest BCUT2D eigenvalue weighted by atomic mass is 9.97. The number of carbonyl (C=O) groups is 4. The summed E-state index contributed by atoms with van der Waals surface area (Å²) >= 11 is 0. The molecule has 0 aliphatic carbocycles. The molecule has 0 amide bonds. The number of nitrogens with one attached hydrogen (secondary N) is 1. The lowest BCUT2D eigenvalue weighted by Gasteiger charge is -2.28. The van der Waals surface area contributed by atoms with E-state index in [2.05, 4.69) is 4.72 Å². The van der Waals surface area contributed by atoms with Crippen molar-refractivity contribution in [1.29, 1.82) is 0 Å². The molecule has 0 bridgehead atoms. The van der Waals surface area contributed by atoms with E-state index in [-0.39, 0.29) is 16.4 Å². The zero-order valence-corrected chi connectivity index (χ0v) is 37.9. The molecule has 0 aliphatic rings. The molecule has 17 heteroatoms. The molecule has 2 unspecified atom stereocenters. The van der Waals surface area contributed by atoms with Crippen molar-refractivity contribution in [3.05, 3.63) is 96.1 Å². The topological polar surface area (TPSA) is 190 Å². The van der Waals surface area contributed by atoms with Gasteiger partial charge in [-0.05, 0) is 89.1 Å². The number of esters is 4. The summed E-state index contributed by atoms with van der Waals surface area (Å²) in [5, 5.41) is 1.16. The molecule has 15 nitrogen and oxygen atoms in total. The standard InChI is InChI=1S/C44H55N2O13PS/c1-43(2,3)41(49)56-31-21-17-29(18-22-31)36(27-39(47)54-9)58-60(51,26-25-45-61(52,53)38-16-12-13-33-34(38)14-11-15-35(33)46(7)8)59-37(28-40(48)55-10)30-19-23-32(24-20-30)57-42(50)44(4,5)6/h11-24,36-37,45H,25-28H2,1-10H3. The van der Waals surface area contributed by atoms with Gasteiger partial charge in [0.1, 0.15) is 23.7 Å². The SMILES string of the molecule is COC(=O)CC(OP(=O)(CCNS(=O)(=O)c1cccc2c(N(C)C)cccc12)OC(CC(=O)OC)c1ccc(OC(=O)C(C)(C)C)cc1)c1ccc(OC(=O)C(C)(C)C)cc1. The number of hydrogen-bond acceptors (Lipinski definition) is 14. The van der Waals surface area contributed by atoms with Gasteiger partial charge in [0, 0.05) is 37.1 Å². The van der Waals surface area contributed by atoms with Crippen LogP contribution in [0, 0.1) is 10.8 Å². The molecule has 0 radical (unpaired) electrons. The van der Waals surface area contributed by atoms with Gasteiger partial charge in [-0.3, -0.25) is 32.8 Å². The molecule has 4 aromatic rings. The van der Waals surface area contributed by atoms with Gasteiger partial charge in [-0.2, -0.15) is 0 Å². The molecule has 4 rings (SSSR count). The third-order valence-corrected chi connectivity index (χ3v) is 12.6. The summed E-state index contributed by atoms with van der Waals surface area (Å²) in [5.74, 6) is -2.03. The van der Waals surface area contributed by atoms with Gasteiger partial charge in [-0.25, -0.2) is 13.1 Å². The van der Waals surface area contributed by atoms with Crippen molar-refractivity contribution >= 4 is 58.0 Å². The monoisotopic (exact) mass is 882 g/mol. The van der Waals surface area contributed by atoms with E-state index in [0.29, 0.717) is 21.9 Å². The molecule has 330 valence electrons. The van der Waals surface area contributed by atoms with Crippen LogP contribution in [0.15, 0.2) is 89.8 Å². The first-order chi connectivity index (χ1) is 28.5. The Balaban J connectivity index is 1.74. The van der Waals surface area contributed by atoms with Gasteiger partial charge >= 0.3 is 31.5 Å².